The molecule has 1 aliphatic rings. The quantitative estimate of drug-likeness (QED) is 0.586. The van der Waals surface area contributed by atoms with Crippen molar-refractivity contribution < 1.29 is 18.3 Å². The van der Waals surface area contributed by atoms with Gasteiger partial charge in [-0.25, -0.2) is 0 Å². The lowest BCUT2D eigenvalue weighted by Crippen LogP contribution is -2.55. The van der Waals surface area contributed by atoms with Crippen LogP contribution in [-0.2, 0) is 0 Å². The molecule has 2 aromatic carbocycles. The second-order valence-electron chi connectivity index (χ2n) is 7.53. The van der Waals surface area contributed by atoms with Crippen molar-refractivity contribution in [3.05, 3.63) is 76.1 Å². The fraction of sp³-hybridized carbons (Fsp3) is 0.318. The van der Waals surface area contributed by atoms with E-state index in [1.165, 1.54) is 6.07 Å². The summed E-state index contributed by atoms with van der Waals surface area (Å²) in [4.78, 5) is 14.3. The molecule has 1 aliphatic carbocycles. The number of aromatic nitrogens is 1. The maximum Gasteiger partial charge on any atom is 0.419 e. The molecule has 3 aromatic rings. The zero-order valence-corrected chi connectivity index (χ0v) is 15.8. The molecule has 3 N–H and O–H groups in total. The Kier molecular flexibility index (Phi) is 4.65. The van der Waals surface area contributed by atoms with E-state index in [1.54, 1.807) is 42.5 Å². The lowest BCUT2D eigenvalue weighted by molar-refractivity contribution is -0.272. The van der Waals surface area contributed by atoms with Crippen molar-refractivity contribution in [1.29, 1.82) is 0 Å². The number of aliphatic hydroxyl groups is 1. The Balaban J connectivity index is 1.89. The van der Waals surface area contributed by atoms with Crippen molar-refractivity contribution in [1.82, 2.24) is 4.98 Å². The third-order valence-electron chi connectivity index (χ3n) is 5.83. The standard InChI is InChI=1S/C22H21F3N2O2/c1-2-13-12-21(29,22(23,24)25)20(15-7-4-3-6-14(13)15)27-18-9-5-8-17-16(18)10-11-19(28)26-17/h3-11,13,20,27,29H,2,12H2,1H3,(H,26,28)/t13?,20?,21-/m1/s1. The van der Waals surface area contributed by atoms with Crippen molar-refractivity contribution >= 4 is 16.6 Å². The number of hydrogen-bond acceptors (Lipinski definition) is 3. The van der Waals surface area contributed by atoms with Gasteiger partial charge in [-0.1, -0.05) is 37.3 Å². The van der Waals surface area contributed by atoms with E-state index < -0.39 is 24.2 Å². The van der Waals surface area contributed by atoms with Crippen LogP contribution in [0, 0.1) is 0 Å². The van der Waals surface area contributed by atoms with Gasteiger partial charge in [-0.15, -0.1) is 0 Å². The largest absolute Gasteiger partial charge is 0.419 e. The summed E-state index contributed by atoms with van der Waals surface area (Å²) >= 11 is 0. The van der Waals surface area contributed by atoms with E-state index in [2.05, 4.69) is 10.3 Å². The van der Waals surface area contributed by atoms with E-state index in [1.807, 2.05) is 13.0 Å². The Hall–Kier alpha value is -2.80. The van der Waals surface area contributed by atoms with Crippen LogP contribution in [0.5, 0.6) is 0 Å². The summed E-state index contributed by atoms with van der Waals surface area (Å²) in [6, 6.07) is 13.4. The maximum absolute atomic E-state index is 14.1. The molecule has 7 heteroatoms. The molecule has 0 bridgehead atoms. The molecule has 0 aliphatic heterocycles. The van der Waals surface area contributed by atoms with Gasteiger partial charge in [-0.2, -0.15) is 13.2 Å². The SMILES string of the molecule is CCC1C[C@](O)(C(F)(F)F)C(Nc2cccc3[nH]c(=O)ccc23)c2ccccc21. The molecule has 152 valence electrons. The minimum Gasteiger partial charge on any atom is -0.379 e. The summed E-state index contributed by atoms with van der Waals surface area (Å²) < 4.78 is 42.3. The van der Waals surface area contributed by atoms with Crippen molar-refractivity contribution in [3.8, 4) is 0 Å². The molecule has 0 saturated heterocycles. The molecule has 0 saturated carbocycles. The van der Waals surface area contributed by atoms with Crippen LogP contribution in [0.3, 0.4) is 0 Å². The number of hydrogen-bond donors (Lipinski definition) is 3. The Labute approximate surface area is 165 Å². The zero-order chi connectivity index (χ0) is 20.8. The van der Waals surface area contributed by atoms with Gasteiger partial charge in [0, 0.05) is 17.1 Å². The lowest BCUT2D eigenvalue weighted by atomic mass is 9.69. The molecule has 4 nitrogen and oxygen atoms in total. The molecule has 1 aromatic heterocycles. The second kappa shape index (κ2) is 6.91. The smallest absolute Gasteiger partial charge is 0.379 e. The Morgan fingerprint density at radius 2 is 1.83 bits per heavy atom. The van der Waals surface area contributed by atoms with Gasteiger partial charge in [-0.3, -0.25) is 4.79 Å². The molecule has 0 amide bonds. The molecule has 0 fully saturated rings. The van der Waals surface area contributed by atoms with Gasteiger partial charge in [0.1, 0.15) is 0 Å². The predicted octanol–water partition coefficient (Wildman–Crippen LogP) is 4.87. The van der Waals surface area contributed by atoms with Crippen LogP contribution in [0.4, 0.5) is 18.9 Å². The van der Waals surface area contributed by atoms with E-state index in [0.29, 0.717) is 28.6 Å². The van der Waals surface area contributed by atoms with Gasteiger partial charge in [-0.05, 0) is 48.1 Å². The summed E-state index contributed by atoms with van der Waals surface area (Å²) in [5.74, 6) is -0.389. The normalized spacial score (nSPS) is 24.3. The molecule has 29 heavy (non-hydrogen) atoms. The van der Waals surface area contributed by atoms with E-state index >= 15 is 0 Å². The number of fused-ring (bicyclic) bond motifs is 2. The maximum atomic E-state index is 14.1. The van der Waals surface area contributed by atoms with Gasteiger partial charge in [0.05, 0.1) is 11.6 Å². The van der Waals surface area contributed by atoms with E-state index in [9.17, 15) is 23.1 Å². The first-order chi connectivity index (χ1) is 13.7. The highest BCUT2D eigenvalue weighted by Gasteiger charge is 2.62. The summed E-state index contributed by atoms with van der Waals surface area (Å²) in [7, 11) is 0. The average Bonchev–Trinajstić information content (AvgIpc) is 2.68. The van der Waals surface area contributed by atoms with Crippen LogP contribution in [-0.4, -0.2) is 21.9 Å². The minimum atomic E-state index is -4.81. The molecule has 2 unspecified atom stereocenters. The van der Waals surface area contributed by atoms with Crippen molar-refractivity contribution in [2.75, 3.05) is 5.32 Å². The Morgan fingerprint density at radius 3 is 2.52 bits per heavy atom. The van der Waals surface area contributed by atoms with Gasteiger partial charge >= 0.3 is 6.18 Å². The second-order valence-corrected chi connectivity index (χ2v) is 7.53. The Bertz CT molecular complexity index is 1110. The predicted molar refractivity (Wildman–Crippen MR) is 106 cm³/mol. The van der Waals surface area contributed by atoms with Crippen LogP contribution in [0.2, 0.25) is 0 Å². The average molecular weight is 402 g/mol. The highest BCUT2D eigenvalue weighted by atomic mass is 19.4. The van der Waals surface area contributed by atoms with Crippen LogP contribution < -0.4 is 10.9 Å². The number of rotatable bonds is 3. The minimum absolute atomic E-state index is 0.296. The fourth-order valence-electron chi connectivity index (χ4n) is 4.32. The van der Waals surface area contributed by atoms with E-state index in [0.717, 1.165) is 5.56 Å². The van der Waals surface area contributed by atoms with Gasteiger partial charge in [0.2, 0.25) is 5.56 Å². The summed E-state index contributed by atoms with van der Waals surface area (Å²) in [6.07, 6.45) is -4.73. The van der Waals surface area contributed by atoms with Crippen LogP contribution in [0.15, 0.2) is 59.4 Å². The number of anilines is 1. The number of nitrogens with one attached hydrogen (secondary N) is 2. The highest BCUT2D eigenvalue weighted by Crippen LogP contribution is 2.53. The van der Waals surface area contributed by atoms with Crippen LogP contribution in [0.25, 0.3) is 10.9 Å². The number of pyridine rings is 1. The molecular weight excluding hydrogens is 381 g/mol. The van der Waals surface area contributed by atoms with Crippen molar-refractivity contribution in [2.45, 2.75) is 43.5 Å². The molecule has 3 atom stereocenters. The first-order valence-corrected chi connectivity index (χ1v) is 9.51. The third-order valence-corrected chi connectivity index (χ3v) is 5.83. The van der Waals surface area contributed by atoms with Gasteiger partial charge in [0.15, 0.2) is 5.60 Å². The fourth-order valence-corrected chi connectivity index (χ4v) is 4.32. The monoisotopic (exact) mass is 402 g/mol. The molecule has 4 rings (SSSR count). The zero-order valence-electron chi connectivity index (χ0n) is 15.8. The van der Waals surface area contributed by atoms with Gasteiger partial charge in [0.25, 0.3) is 0 Å². The summed E-state index contributed by atoms with van der Waals surface area (Å²) in [5, 5.41) is 14.5. The summed E-state index contributed by atoms with van der Waals surface area (Å²) in [5.41, 5.74) is -1.05. The number of halogens is 3. The highest BCUT2D eigenvalue weighted by molar-refractivity contribution is 5.91. The number of aromatic amines is 1. The first-order valence-electron chi connectivity index (χ1n) is 9.51. The Morgan fingerprint density at radius 1 is 1.10 bits per heavy atom. The van der Waals surface area contributed by atoms with Crippen molar-refractivity contribution in [3.63, 3.8) is 0 Å². The number of H-pyrrole nitrogens is 1. The molecule has 0 radical (unpaired) electrons. The van der Waals surface area contributed by atoms with Crippen LogP contribution >= 0.6 is 0 Å². The first kappa shape index (κ1) is 19.5. The molecular formula is C22H21F3N2O2. The van der Waals surface area contributed by atoms with Gasteiger partial charge < -0.3 is 15.4 Å². The number of benzene rings is 2. The molecule has 1 heterocycles. The van der Waals surface area contributed by atoms with E-state index in [4.69, 9.17) is 0 Å². The number of alkyl halides is 3. The van der Waals surface area contributed by atoms with Crippen molar-refractivity contribution in [2.24, 2.45) is 0 Å². The topological polar surface area (TPSA) is 65.1 Å². The third kappa shape index (κ3) is 3.19. The molecule has 0 spiro atoms. The lowest BCUT2D eigenvalue weighted by Gasteiger charge is -2.45. The van der Waals surface area contributed by atoms with E-state index in [-0.39, 0.29) is 11.5 Å². The summed E-state index contributed by atoms with van der Waals surface area (Å²) in [6.45, 7) is 1.83. The van der Waals surface area contributed by atoms with Crippen LogP contribution in [0.1, 0.15) is 42.9 Å².